The van der Waals surface area contributed by atoms with Crippen molar-refractivity contribution in [3.05, 3.63) is 46.7 Å². The lowest BCUT2D eigenvalue weighted by molar-refractivity contribution is -0.137. The van der Waals surface area contributed by atoms with Crippen LogP contribution in [0.15, 0.2) is 30.3 Å². The van der Waals surface area contributed by atoms with Crippen molar-refractivity contribution in [3.63, 3.8) is 0 Å². The van der Waals surface area contributed by atoms with Crippen molar-refractivity contribution >= 4 is 16.3 Å². The van der Waals surface area contributed by atoms with Crippen LogP contribution in [0.3, 0.4) is 0 Å². The Kier molecular flexibility index (Phi) is 3.51. The first kappa shape index (κ1) is 15.7. The second kappa shape index (κ2) is 5.15. The van der Waals surface area contributed by atoms with Crippen molar-refractivity contribution in [2.45, 2.75) is 26.9 Å². The van der Waals surface area contributed by atoms with Gasteiger partial charge in [0.15, 0.2) is 0 Å². The lowest BCUT2D eigenvalue weighted by Gasteiger charge is -2.15. The average molecular weight is 318 g/mol. The van der Waals surface area contributed by atoms with Gasteiger partial charge in [0.2, 0.25) is 0 Å². The standard InChI is InChI=1S/C19H17F3O/c1-10(2)12-5-6-13-9-16(23-4)18(19(20,21)22)15-7-11(3)14(8-12)17(13)15/h5-9H,1-4H3. The summed E-state index contributed by atoms with van der Waals surface area (Å²) in [6, 6.07) is 8.85. The first-order chi connectivity index (χ1) is 10.7. The summed E-state index contributed by atoms with van der Waals surface area (Å²) in [5, 5.41) is 1.97. The van der Waals surface area contributed by atoms with Gasteiger partial charge in [-0.3, -0.25) is 0 Å². The van der Waals surface area contributed by atoms with E-state index < -0.39 is 11.7 Å². The second-order valence-corrected chi connectivity index (χ2v) is 6.00. The zero-order valence-electron chi connectivity index (χ0n) is 13.4. The lowest BCUT2D eigenvalue weighted by atomic mass is 9.98. The topological polar surface area (TPSA) is 9.23 Å². The molecular weight excluding hydrogens is 301 g/mol. The van der Waals surface area contributed by atoms with Crippen LogP contribution in [0, 0.1) is 6.92 Å². The SMILES string of the molecule is COc1cc2ccc(=C(C)C)cc3c(C)cc(c1C(F)(F)F)c2-3. The van der Waals surface area contributed by atoms with Gasteiger partial charge in [-0.2, -0.15) is 13.2 Å². The number of ether oxygens (including phenoxy) is 1. The van der Waals surface area contributed by atoms with Crippen LogP contribution in [0.4, 0.5) is 13.2 Å². The number of methoxy groups -OCH3 is 1. The monoisotopic (exact) mass is 318 g/mol. The fourth-order valence-electron chi connectivity index (χ4n) is 3.10. The van der Waals surface area contributed by atoms with Crippen LogP contribution in [-0.2, 0) is 6.18 Å². The van der Waals surface area contributed by atoms with Gasteiger partial charge in [0, 0.05) is 0 Å². The molecule has 1 aromatic carbocycles. The summed E-state index contributed by atoms with van der Waals surface area (Å²) in [5.41, 5.74) is 2.75. The second-order valence-electron chi connectivity index (χ2n) is 6.00. The Morgan fingerprint density at radius 1 is 1.04 bits per heavy atom. The van der Waals surface area contributed by atoms with E-state index in [2.05, 4.69) is 0 Å². The number of aryl methyl sites for hydroxylation is 1. The molecule has 0 N–H and O–H groups in total. The Bertz CT molecular complexity index is 918. The van der Waals surface area contributed by atoms with Crippen LogP contribution in [0.1, 0.15) is 25.0 Å². The first-order valence-electron chi connectivity index (χ1n) is 7.32. The molecule has 2 aliphatic rings. The number of rotatable bonds is 1. The molecule has 0 heterocycles. The summed E-state index contributed by atoms with van der Waals surface area (Å²) >= 11 is 0. The predicted octanol–water partition coefficient (Wildman–Crippen LogP) is 5.19. The van der Waals surface area contributed by atoms with E-state index in [0.29, 0.717) is 5.56 Å². The lowest BCUT2D eigenvalue weighted by Crippen LogP contribution is -2.08. The molecule has 0 aromatic heterocycles. The molecule has 0 amide bonds. The Morgan fingerprint density at radius 2 is 1.74 bits per heavy atom. The molecule has 0 spiro atoms. The van der Waals surface area contributed by atoms with Crippen molar-refractivity contribution in [2.75, 3.05) is 7.11 Å². The maximum Gasteiger partial charge on any atom is 0.420 e. The quantitative estimate of drug-likeness (QED) is 0.600. The largest absolute Gasteiger partial charge is 0.496 e. The summed E-state index contributed by atoms with van der Waals surface area (Å²) in [4.78, 5) is 0. The van der Waals surface area contributed by atoms with Gasteiger partial charge in [0.1, 0.15) is 11.3 Å². The molecule has 0 bridgehead atoms. The van der Waals surface area contributed by atoms with Crippen molar-refractivity contribution in [1.29, 1.82) is 0 Å². The molecule has 1 aromatic rings. The van der Waals surface area contributed by atoms with Crippen molar-refractivity contribution < 1.29 is 17.9 Å². The predicted molar refractivity (Wildman–Crippen MR) is 86.8 cm³/mol. The maximum absolute atomic E-state index is 13.5. The van der Waals surface area contributed by atoms with Crippen molar-refractivity contribution in [2.24, 2.45) is 0 Å². The van der Waals surface area contributed by atoms with Crippen molar-refractivity contribution in [1.82, 2.24) is 0 Å². The van der Waals surface area contributed by atoms with Gasteiger partial charge in [-0.1, -0.05) is 23.8 Å². The number of alkyl halides is 3. The molecule has 0 aliphatic heterocycles. The summed E-state index contributed by atoms with van der Waals surface area (Å²) in [7, 11) is 1.27. The molecule has 120 valence electrons. The van der Waals surface area contributed by atoms with E-state index in [1.807, 2.05) is 39.0 Å². The van der Waals surface area contributed by atoms with Gasteiger partial charge in [0.05, 0.1) is 7.11 Å². The summed E-state index contributed by atoms with van der Waals surface area (Å²) < 4.78 is 45.7. The van der Waals surface area contributed by atoms with Gasteiger partial charge in [0.25, 0.3) is 0 Å². The summed E-state index contributed by atoms with van der Waals surface area (Å²) in [5.74, 6) is -0.137. The van der Waals surface area contributed by atoms with E-state index >= 15 is 0 Å². The highest BCUT2D eigenvalue weighted by Crippen LogP contribution is 2.47. The van der Waals surface area contributed by atoms with Gasteiger partial charge >= 0.3 is 6.18 Å². The first-order valence-corrected chi connectivity index (χ1v) is 7.32. The minimum atomic E-state index is -4.46. The highest BCUT2D eigenvalue weighted by Gasteiger charge is 2.38. The minimum Gasteiger partial charge on any atom is -0.496 e. The third-order valence-corrected chi connectivity index (χ3v) is 4.24. The molecule has 4 heteroatoms. The van der Waals surface area contributed by atoms with Crippen molar-refractivity contribution in [3.8, 4) is 16.9 Å². The van der Waals surface area contributed by atoms with E-state index in [9.17, 15) is 13.2 Å². The van der Waals surface area contributed by atoms with Crippen LogP contribution in [-0.4, -0.2) is 7.11 Å². The normalized spacial score (nSPS) is 12.1. The van der Waals surface area contributed by atoms with E-state index in [-0.39, 0.29) is 11.1 Å². The summed E-state index contributed by atoms with van der Waals surface area (Å²) in [6.07, 6.45) is -4.46. The number of hydrogen-bond donors (Lipinski definition) is 0. The molecule has 2 aliphatic carbocycles. The smallest absolute Gasteiger partial charge is 0.420 e. The molecule has 3 rings (SSSR count). The molecule has 0 fully saturated rings. The van der Waals surface area contributed by atoms with E-state index in [1.165, 1.54) is 13.2 Å². The molecule has 0 saturated carbocycles. The third-order valence-electron chi connectivity index (χ3n) is 4.24. The molecule has 1 nitrogen and oxygen atoms in total. The number of hydrogen-bond acceptors (Lipinski definition) is 1. The summed E-state index contributed by atoms with van der Waals surface area (Å²) in [6.45, 7) is 5.82. The van der Waals surface area contributed by atoms with Crippen LogP contribution >= 0.6 is 0 Å². The Labute approximate surface area is 132 Å². The molecule has 0 saturated heterocycles. The third kappa shape index (κ3) is 2.42. The van der Waals surface area contributed by atoms with E-state index in [1.54, 1.807) is 6.07 Å². The molecular formula is C19H17F3O. The van der Waals surface area contributed by atoms with E-state index in [4.69, 9.17) is 4.74 Å². The van der Waals surface area contributed by atoms with Gasteiger partial charge < -0.3 is 4.74 Å². The zero-order chi connectivity index (χ0) is 16.9. The van der Waals surface area contributed by atoms with Gasteiger partial charge in [-0.25, -0.2) is 0 Å². The molecule has 0 unspecified atom stereocenters. The number of benzene rings is 1. The van der Waals surface area contributed by atoms with Gasteiger partial charge in [-0.15, -0.1) is 0 Å². The Hall–Kier alpha value is -2.23. The zero-order valence-corrected chi connectivity index (χ0v) is 13.4. The highest BCUT2D eigenvalue weighted by molar-refractivity contribution is 6.03. The van der Waals surface area contributed by atoms with Gasteiger partial charge in [-0.05, 0) is 65.6 Å². The van der Waals surface area contributed by atoms with E-state index in [0.717, 1.165) is 27.3 Å². The van der Waals surface area contributed by atoms with Crippen LogP contribution < -0.4 is 9.96 Å². The van der Waals surface area contributed by atoms with Crippen LogP contribution in [0.2, 0.25) is 0 Å². The minimum absolute atomic E-state index is 0.137. The maximum atomic E-state index is 13.5. The Morgan fingerprint density at radius 3 is 2.30 bits per heavy atom. The molecule has 0 atom stereocenters. The fourth-order valence-corrected chi connectivity index (χ4v) is 3.10. The average Bonchev–Trinajstić information content (AvgIpc) is 2.65. The fraction of sp³-hybridized carbons (Fsp3) is 0.263. The Balaban J connectivity index is 2.56. The molecule has 23 heavy (non-hydrogen) atoms. The number of halogens is 3. The van der Waals surface area contributed by atoms with Crippen LogP contribution in [0.5, 0.6) is 5.75 Å². The molecule has 0 radical (unpaired) electrons. The highest BCUT2D eigenvalue weighted by atomic mass is 19.4. The van der Waals surface area contributed by atoms with Crippen LogP contribution in [0.25, 0.3) is 27.5 Å².